The predicted octanol–water partition coefficient (Wildman–Crippen LogP) is 1.93. The number of benzene rings is 1. The zero-order valence-electron chi connectivity index (χ0n) is 7.34. The summed E-state index contributed by atoms with van der Waals surface area (Å²) in [4.78, 5) is 0. The van der Waals surface area contributed by atoms with Gasteiger partial charge in [0.05, 0.1) is 0 Å². The molecule has 0 bridgehead atoms. The third-order valence-corrected chi connectivity index (χ3v) is 1.60. The van der Waals surface area contributed by atoms with Crippen molar-refractivity contribution in [3.63, 3.8) is 0 Å². The summed E-state index contributed by atoms with van der Waals surface area (Å²) in [7, 11) is 0. The van der Waals surface area contributed by atoms with Crippen molar-refractivity contribution in [2.45, 2.75) is 13.0 Å². The van der Waals surface area contributed by atoms with Crippen LogP contribution in [0.2, 0.25) is 0 Å². The maximum absolute atomic E-state index is 12.9. The van der Waals surface area contributed by atoms with Crippen LogP contribution < -0.4 is 10.5 Å². The summed E-state index contributed by atoms with van der Waals surface area (Å²) in [5.41, 5.74) is 5.93. The van der Waals surface area contributed by atoms with Crippen LogP contribution in [0.4, 0.5) is 13.2 Å². The van der Waals surface area contributed by atoms with E-state index >= 15 is 0 Å². The van der Waals surface area contributed by atoms with E-state index in [-0.39, 0.29) is 12.3 Å². The lowest BCUT2D eigenvalue weighted by Crippen LogP contribution is -2.08. The van der Waals surface area contributed by atoms with Crippen LogP contribution in [0.25, 0.3) is 0 Å². The van der Waals surface area contributed by atoms with Crippen LogP contribution in [0.5, 0.6) is 5.75 Å². The van der Waals surface area contributed by atoms with Gasteiger partial charge in [0.1, 0.15) is 6.61 Å². The van der Waals surface area contributed by atoms with Gasteiger partial charge in [0.25, 0.3) is 6.43 Å². The minimum atomic E-state index is -2.61. The summed E-state index contributed by atoms with van der Waals surface area (Å²) < 4.78 is 41.0. The summed E-state index contributed by atoms with van der Waals surface area (Å²) in [6.45, 7) is -0.601. The van der Waals surface area contributed by atoms with Crippen LogP contribution in [-0.2, 0) is 6.54 Å². The highest BCUT2D eigenvalue weighted by Crippen LogP contribution is 2.19. The van der Waals surface area contributed by atoms with Crippen molar-refractivity contribution in [3.8, 4) is 5.75 Å². The highest BCUT2D eigenvalue weighted by atomic mass is 19.3. The molecule has 2 nitrogen and oxygen atoms in total. The van der Waals surface area contributed by atoms with E-state index in [4.69, 9.17) is 5.73 Å². The summed E-state index contributed by atoms with van der Waals surface area (Å²) in [6, 6.07) is 3.94. The van der Waals surface area contributed by atoms with Crippen molar-refractivity contribution in [3.05, 3.63) is 29.6 Å². The summed E-state index contributed by atoms with van der Waals surface area (Å²) in [5, 5.41) is 0. The molecule has 0 fully saturated rings. The molecule has 0 saturated carbocycles. The summed E-state index contributed by atoms with van der Waals surface area (Å²) >= 11 is 0. The van der Waals surface area contributed by atoms with Crippen LogP contribution in [0, 0.1) is 5.82 Å². The van der Waals surface area contributed by atoms with Crippen LogP contribution in [-0.4, -0.2) is 13.0 Å². The molecule has 1 aromatic rings. The monoisotopic (exact) mass is 205 g/mol. The van der Waals surface area contributed by atoms with Crippen LogP contribution in [0.3, 0.4) is 0 Å². The average molecular weight is 205 g/mol. The third-order valence-electron chi connectivity index (χ3n) is 1.60. The zero-order valence-corrected chi connectivity index (χ0v) is 7.34. The van der Waals surface area contributed by atoms with E-state index in [1.807, 2.05) is 0 Å². The third kappa shape index (κ3) is 2.92. The number of alkyl halides is 2. The minimum Gasteiger partial charge on any atom is -0.485 e. The average Bonchev–Trinajstić information content (AvgIpc) is 2.16. The first-order valence-corrected chi connectivity index (χ1v) is 4.03. The second-order valence-corrected chi connectivity index (χ2v) is 2.67. The molecule has 2 N–H and O–H groups in total. The lowest BCUT2D eigenvalue weighted by molar-refractivity contribution is 0.0799. The van der Waals surface area contributed by atoms with E-state index in [0.29, 0.717) is 5.56 Å². The molecule has 5 heteroatoms. The van der Waals surface area contributed by atoms with Crippen molar-refractivity contribution in [1.82, 2.24) is 0 Å². The largest absolute Gasteiger partial charge is 0.485 e. The number of ether oxygens (including phenoxy) is 1. The van der Waals surface area contributed by atoms with Gasteiger partial charge in [0.15, 0.2) is 11.6 Å². The smallest absolute Gasteiger partial charge is 0.272 e. The van der Waals surface area contributed by atoms with Crippen molar-refractivity contribution in [1.29, 1.82) is 0 Å². The van der Waals surface area contributed by atoms with Gasteiger partial charge < -0.3 is 10.5 Å². The lowest BCUT2D eigenvalue weighted by atomic mass is 10.2. The van der Waals surface area contributed by atoms with Gasteiger partial charge in [-0.15, -0.1) is 0 Å². The molecule has 0 aliphatic heterocycles. The lowest BCUT2D eigenvalue weighted by Gasteiger charge is -2.07. The number of rotatable bonds is 4. The Morgan fingerprint density at radius 1 is 1.36 bits per heavy atom. The number of nitrogens with two attached hydrogens (primary N) is 1. The molecule has 0 saturated heterocycles. The fraction of sp³-hybridized carbons (Fsp3) is 0.333. The van der Waals surface area contributed by atoms with Crippen molar-refractivity contribution in [2.75, 3.05) is 6.61 Å². The number of hydrogen-bond donors (Lipinski definition) is 1. The second kappa shape index (κ2) is 4.85. The van der Waals surface area contributed by atoms with E-state index in [1.165, 1.54) is 12.1 Å². The maximum Gasteiger partial charge on any atom is 0.272 e. The molecular weight excluding hydrogens is 195 g/mol. The molecule has 0 radical (unpaired) electrons. The second-order valence-electron chi connectivity index (χ2n) is 2.67. The van der Waals surface area contributed by atoms with Crippen LogP contribution in [0.15, 0.2) is 18.2 Å². The predicted molar refractivity (Wildman–Crippen MR) is 45.8 cm³/mol. The standard InChI is InChI=1S/C9H10F3NO/c10-7-2-1-6(4-13)3-8(7)14-5-9(11)12/h1-3,9H,4-5,13H2. The fourth-order valence-electron chi connectivity index (χ4n) is 0.938. The van der Waals surface area contributed by atoms with E-state index in [1.54, 1.807) is 0 Å². The summed E-state index contributed by atoms with van der Waals surface area (Å²) in [5.74, 6) is -0.851. The van der Waals surface area contributed by atoms with E-state index in [9.17, 15) is 13.2 Å². The molecule has 0 spiro atoms. The molecule has 0 unspecified atom stereocenters. The van der Waals surface area contributed by atoms with Crippen molar-refractivity contribution < 1.29 is 17.9 Å². The Balaban J connectivity index is 2.73. The van der Waals surface area contributed by atoms with Gasteiger partial charge in [0, 0.05) is 6.54 Å². The first-order chi connectivity index (χ1) is 6.63. The first kappa shape index (κ1) is 10.8. The fourth-order valence-corrected chi connectivity index (χ4v) is 0.938. The molecular formula is C9H10F3NO. The van der Waals surface area contributed by atoms with Crippen molar-refractivity contribution in [2.24, 2.45) is 5.73 Å². The Morgan fingerprint density at radius 2 is 2.07 bits per heavy atom. The molecule has 0 heterocycles. The molecule has 14 heavy (non-hydrogen) atoms. The molecule has 0 aliphatic rings. The first-order valence-electron chi connectivity index (χ1n) is 4.03. The topological polar surface area (TPSA) is 35.2 Å². The van der Waals surface area contributed by atoms with Gasteiger partial charge in [-0.2, -0.15) is 0 Å². The molecule has 0 aromatic heterocycles. The summed E-state index contributed by atoms with van der Waals surface area (Å²) in [6.07, 6.45) is -2.61. The molecule has 1 rings (SSSR count). The quantitative estimate of drug-likeness (QED) is 0.815. The van der Waals surface area contributed by atoms with Gasteiger partial charge in [-0.05, 0) is 17.7 Å². The van der Waals surface area contributed by atoms with Gasteiger partial charge in [-0.3, -0.25) is 0 Å². The molecule has 78 valence electrons. The van der Waals surface area contributed by atoms with Crippen LogP contribution in [0.1, 0.15) is 5.56 Å². The number of hydrogen-bond acceptors (Lipinski definition) is 2. The highest BCUT2D eigenvalue weighted by molar-refractivity contribution is 5.30. The van der Waals surface area contributed by atoms with E-state index < -0.39 is 18.8 Å². The number of halogens is 3. The molecule has 0 aliphatic carbocycles. The molecule has 1 aromatic carbocycles. The Bertz CT molecular complexity index is 304. The highest BCUT2D eigenvalue weighted by Gasteiger charge is 2.08. The SMILES string of the molecule is NCc1ccc(F)c(OCC(F)F)c1. The van der Waals surface area contributed by atoms with Gasteiger partial charge >= 0.3 is 0 Å². The van der Waals surface area contributed by atoms with E-state index in [2.05, 4.69) is 4.74 Å². The van der Waals surface area contributed by atoms with Crippen LogP contribution >= 0.6 is 0 Å². The Kier molecular flexibility index (Phi) is 3.76. The Morgan fingerprint density at radius 3 is 2.64 bits per heavy atom. The zero-order chi connectivity index (χ0) is 10.6. The normalized spacial score (nSPS) is 10.6. The minimum absolute atomic E-state index is 0.187. The van der Waals surface area contributed by atoms with Gasteiger partial charge in [-0.25, -0.2) is 13.2 Å². The Hall–Kier alpha value is -1.23. The molecule has 0 amide bonds. The maximum atomic E-state index is 12.9. The van der Waals surface area contributed by atoms with Gasteiger partial charge in [0.2, 0.25) is 0 Å². The Labute approximate surface area is 79.5 Å². The van der Waals surface area contributed by atoms with Gasteiger partial charge in [-0.1, -0.05) is 6.07 Å². The molecule has 0 atom stereocenters. The van der Waals surface area contributed by atoms with Crippen molar-refractivity contribution >= 4 is 0 Å². The van der Waals surface area contributed by atoms with E-state index in [0.717, 1.165) is 6.07 Å².